The molecule has 0 N–H and O–H groups in total. The van der Waals surface area contributed by atoms with E-state index in [4.69, 9.17) is 9.47 Å². The van der Waals surface area contributed by atoms with Crippen LogP contribution >= 0.6 is 0 Å². The summed E-state index contributed by atoms with van der Waals surface area (Å²) < 4.78 is 10.9. The number of likely N-dealkylation sites (tertiary alicyclic amines) is 1. The van der Waals surface area contributed by atoms with Gasteiger partial charge in [0.15, 0.2) is 0 Å². The van der Waals surface area contributed by atoms with Crippen LogP contribution in [0, 0.1) is 20.8 Å². The topological polar surface area (TPSA) is 38.8 Å². The lowest BCUT2D eigenvalue weighted by molar-refractivity contribution is -0.145. The summed E-state index contributed by atoms with van der Waals surface area (Å²) in [5, 5.41) is 0. The van der Waals surface area contributed by atoms with Crippen LogP contribution < -0.4 is 0 Å². The summed E-state index contributed by atoms with van der Waals surface area (Å²) in [5.74, 6) is -0.175. The molecule has 0 radical (unpaired) electrons. The Bertz CT molecular complexity index is 504. The molecule has 2 rings (SSSR count). The fourth-order valence-corrected chi connectivity index (χ4v) is 3.12. The van der Waals surface area contributed by atoms with Crippen LogP contribution in [0.4, 0.5) is 0 Å². The SMILES string of the molecule is COC(=O)[C@@H]1C[C@@H](OCc2c(C)cc(C)cc2C)CN1C. The van der Waals surface area contributed by atoms with Crippen molar-refractivity contribution in [1.29, 1.82) is 0 Å². The quantitative estimate of drug-likeness (QED) is 0.798. The minimum absolute atomic E-state index is 0.0826. The molecule has 4 nitrogen and oxygen atoms in total. The average molecular weight is 291 g/mol. The second-order valence-electron chi connectivity index (χ2n) is 6.02. The largest absolute Gasteiger partial charge is 0.468 e. The van der Waals surface area contributed by atoms with Crippen molar-refractivity contribution in [2.24, 2.45) is 0 Å². The van der Waals surface area contributed by atoms with Crippen LogP contribution in [0.15, 0.2) is 12.1 Å². The van der Waals surface area contributed by atoms with Crippen molar-refractivity contribution in [2.75, 3.05) is 20.7 Å². The van der Waals surface area contributed by atoms with Crippen molar-refractivity contribution in [2.45, 2.75) is 45.9 Å². The number of benzene rings is 1. The first-order valence-corrected chi connectivity index (χ1v) is 7.38. The number of carbonyl (C=O) groups excluding carboxylic acids is 1. The first-order valence-electron chi connectivity index (χ1n) is 7.38. The number of ether oxygens (including phenoxy) is 2. The Morgan fingerprint density at radius 1 is 1.29 bits per heavy atom. The van der Waals surface area contributed by atoms with Gasteiger partial charge in [0.2, 0.25) is 0 Å². The molecule has 116 valence electrons. The third kappa shape index (κ3) is 3.63. The van der Waals surface area contributed by atoms with Crippen molar-refractivity contribution in [1.82, 2.24) is 4.90 Å². The first kappa shape index (κ1) is 16.0. The molecule has 1 heterocycles. The molecular weight excluding hydrogens is 266 g/mol. The second-order valence-corrected chi connectivity index (χ2v) is 6.02. The fraction of sp³-hybridized carbons (Fsp3) is 0.588. The lowest BCUT2D eigenvalue weighted by Crippen LogP contribution is -2.33. The van der Waals surface area contributed by atoms with E-state index >= 15 is 0 Å². The standard InChI is InChI=1S/C17H25NO3/c1-11-6-12(2)15(13(3)7-11)10-21-14-8-16(17(19)20-5)18(4)9-14/h6-7,14,16H,8-10H2,1-5H3/t14-,16+/m1/s1. The molecule has 0 aromatic heterocycles. The van der Waals surface area contributed by atoms with Crippen LogP contribution in [0.3, 0.4) is 0 Å². The molecule has 1 saturated heterocycles. The smallest absolute Gasteiger partial charge is 0.323 e. The van der Waals surface area contributed by atoms with E-state index in [1.807, 2.05) is 11.9 Å². The molecule has 0 spiro atoms. The Morgan fingerprint density at radius 2 is 1.90 bits per heavy atom. The van der Waals surface area contributed by atoms with Gasteiger partial charge in [-0.25, -0.2) is 0 Å². The highest BCUT2D eigenvalue weighted by molar-refractivity contribution is 5.76. The fourth-order valence-electron chi connectivity index (χ4n) is 3.12. The predicted molar refractivity (Wildman–Crippen MR) is 82.3 cm³/mol. The van der Waals surface area contributed by atoms with Crippen LogP contribution in [0.2, 0.25) is 0 Å². The van der Waals surface area contributed by atoms with Crippen LogP contribution in [-0.4, -0.2) is 43.7 Å². The molecule has 1 aromatic carbocycles. The van der Waals surface area contributed by atoms with E-state index < -0.39 is 0 Å². The number of hydrogen-bond acceptors (Lipinski definition) is 4. The average Bonchev–Trinajstić information content (AvgIpc) is 2.78. The van der Waals surface area contributed by atoms with Crippen molar-refractivity contribution in [3.05, 3.63) is 34.4 Å². The number of hydrogen-bond donors (Lipinski definition) is 0. The Hall–Kier alpha value is -1.39. The molecular formula is C17H25NO3. The Labute approximate surface area is 127 Å². The third-order valence-corrected chi connectivity index (χ3v) is 4.29. The molecule has 0 saturated carbocycles. The maximum absolute atomic E-state index is 11.7. The van der Waals surface area contributed by atoms with Gasteiger partial charge < -0.3 is 9.47 Å². The van der Waals surface area contributed by atoms with Crippen molar-refractivity contribution >= 4 is 5.97 Å². The van der Waals surface area contributed by atoms with Crippen LogP contribution in [0.5, 0.6) is 0 Å². The van der Waals surface area contributed by atoms with Gasteiger partial charge in [-0.3, -0.25) is 9.69 Å². The lowest BCUT2D eigenvalue weighted by Gasteiger charge is -2.16. The zero-order valence-corrected chi connectivity index (χ0v) is 13.6. The maximum Gasteiger partial charge on any atom is 0.323 e. The van der Waals surface area contributed by atoms with E-state index in [0.29, 0.717) is 13.0 Å². The molecule has 0 aliphatic carbocycles. The molecule has 0 amide bonds. The van der Waals surface area contributed by atoms with Gasteiger partial charge in [0, 0.05) is 13.0 Å². The first-order chi connectivity index (χ1) is 9.92. The molecule has 1 fully saturated rings. The van der Waals surface area contributed by atoms with Crippen LogP contribution in [0.1, 0.15) is 28.7 Å². The number of likely N-dealkylation sites (N-methyl/N-ethyl adjacent to an activating group) is 1. The van der Waals surface area contributed by atoms with Crippen molar-refractivity contribution < 1.29 is 14.3 Å². The summed E-state index contributed by atoms with van der Waals surface area (Å²) >= 11 is 0. The molecule has 21 heavy (non-hydrogen) atoms. The van der Waals surface area contributed by atoms with Gasteiger partial charge in [0.25, 0.3) is 0 Å². The van der Waals surface area contributed by atoms with Crippen LogP contribution in [-0.2, 0) is 20.9 Å². The zero-order valence-electron chi connectivity index (χ0n) is 13.6. The number of aryl methyl sites for hydroxylation is 3. The lowest BCUT2D eigenvalue weighted by atomic mass is 10.0. The van der Waals surface area contributed by atoms with Gasteiger partial charge in [-0.1, -0.05) is 17.7 Å². The summed E-state index contributed by atoms with van der Waals surface area (Å²) in [6.45, 7) is 7.72. The minimum atomic E-state index is -0.180. The maximum atomic E-state index is 11.7. The summed E-state index contributed by atoms with van der Waals surface area (Å²) in [5.41, 5.74) is 5.07. The summed E-state index contributed by atoms with van der Waals surface area (Å²) in [7, 11) is 3.37. The predicted octanol–water partition coefficient (Wildman–Crippen LogP) is 2.37. The highest BCUT2D eigenvalue weighted by Crippen LogP contribution is 2.23. The number of rotatable bonds is 4. The van der Waals surface area contributed by atoms with Gasteiger partial charge in [-0.2, -0.15) is 0 Å². The van der Waals surface area contributed by atoms with E-state index in [2.05, 4.69) is 32.9 Å². The summed E-state index contributed by atoms with van der Waals surface area (Å²) in [6.07, 6.45) is 0.784. The van der Waals surface area contributed by atoms with Crippen molar-refractivity contribution in [3.63, 3.8) is 0 Å². The number of methoxy groups -OCH3 is 1. The minimum Gasteiger partial charge on any atom is -0.468 e. The van der Waals surface area contributed by atoms with Gasteiger partial charge in [0.05, 0.1) is 19.8 Å². The highest BCUT2D eigenvalue weighted by atomic mass is 16.5. The summed E-state index contributed by atoms with van der Waals surface area (Å²) in [4.78, 5) is 13.7. The van der Waals surface area contributed by atoms with Gasteiger partial charge in [-0.15, -0.1) is 0 Å². The number of nitrogens with zero attached hydrogens (tertiary/aromatic N) is 1. The van der Waals surface area contributed by atoms with Gasteiger partial charge in [0.1, 0.15) is 6.04 Å². The normalized spacial score (nSPS) is 22.5. The Morgan fingerprint density at radius 3 is 2.48 bits per heavy atom. The van der Waals surface area contributed by atoms with Crippen LogP contribution in [0.25, 0.3) is 0 Å². The molecule has 4 heteroatoms. The van der Waals surface area contributed by atoms with E-state index in [1.165, 1.54) is 29.4 Å². The monoisotopic (exact) mass is 291 g/mol. The van der Waals surface area contributed by atoms with E-state index in [9.17, 15) is 4.79 Å². The molecule has 2 atom stereocenters. The molecule has 1 aliphatic heterocycles. The molecule has 1 aliphatic rings. The van der Waals surface area contributed by atoms with E-state index in [1.54, 1.807) is 0 Å². The molecule has 1 aromatic rings. The van der Waals surface area contributed by atoms with Crippen molar-refractivity contribution in [3.8, 4) is 0 Å². The second kappa shape index (κ2) is 6.58. The molecule has 0 unspecified atom stereocenters. The zero-order chi connectivity index (χ0) is 15.6. The van der Waals surface area contributed by atoms with E-state index in [-0.39, 0.29) is 18.1 Å². The van der Waals surface area contributed by atoms with E-state index in [0.717, 1.165) is 6.54 Å². The number of carbonyl (C=O) groups is 1. The number of esters is 1. The summed E-state index contributed by atoms with van der Waals surface area (Å²) in [6, 6.07) is 4.19. The van der Waals surface area contributed by atoms with Gasteiger partial charge >= 0.3 is 5.97 Å². The Kier molecular flexibility index (Phi) is 5.01. The third-order valence-electron chi connectivity index (χ3n) is 4.29. The highest BCUT2D eigenvalue weighted by Gasteiger charge is 2.35. The Balaban J connectivity index is 1.97. The van der Waals surface area contributed by atoms with Gasteiger partial charge in [-0.05, 0) is 44.5 Å². The molecule has 0 bridgehead atoms.